The molecule has 15 rings (SSSR count). The summed E-state index contributed by atoms with van der Waals surface area (Å²) >= 11 is 0. The van der Waals surface area contributed by atoms with Gasteiger partial charge in [-0.1, -0.05) is 288 Å². The van der Waals surface area contributed by atoms with Crippen LogP contribution >= 0.6 is 0 Å². The van der Waals surface area contributed by atoms with Crippen LogP contribution in [0.1, 0.15) is 100 Å². The molecule has 0 heterocycles. The van der Waals surface area contributed by atoms with Gasteiger partial charge in [0, 0.05) is 0 Å². The molecule has 0 atom stereocenters. The van der Waals surface area contributed by atoms with Crippen molar-refractivity contribution in [3.05, 3.63) is 367 Å². The zero-order valence-electron chi connectivity index (χ0n) is 46.9. The van der Waals surface area contributed by atoms with E-state index in [9.17, 15) is 0 Å². The van der Waals surface area contributed by atoms with Gasteiger partial charge < -0.3 is 0 Å². The Balaban J connectivity index is 1.10. The van der Waals surface area contributed by atoms with E-state index in [1.807, 2.05) is 0 Å². The maximum Gasteiger partial charge on any atom is 0.0719 e. The van der Waals surface area contributed by atoms with E-state index in [2.05, 4.69) is 308 Å². The lowest BCUT2D eigenvalue weighted by molar-refractivity contribution is 0.765. The Bertz CT molecular complexity index is 4320. The maximum atomic E-state index is 2.61. The van der Waals surface area contributed by atoms with Crippen LogP contribution in [0.3, 0.4) is 0 Å². The summed E-state index contributed by atoms with van der Waals surface area (Å²) in [7, 11) is 0. The summed E-state index contributed by atoms with van der Waals surface area (Å²) in [5.41, 5.74) is 33.5. The third-order valence-electron chi connectivity index (χ3n) is 18.8. The van der Waals surface area contributed by atoms with Crippen molar-refractivity contribution in [2.45, 2.75) is 57.8 Å². The Morgan fingerprint density at radius 3 is 0.827 bits per heavy atom. The standard InChI is InChI=1S/C81H62/c1-51-19-33-59(34-20-51)79(60-35-21-52(2)22-36-60)72-16-10-7-13-66(72)69-45-31-57(49-75(69)79)65-47-48-71-68-15-9-12-18-74(68)81(63-41-27-55(5)28-42-63,64-43-29-56(6)30-44-64)78(71)77(65)58-32-46-70-67-14-8-11-17-73(67)80(76(70)50-58,61-37-23-53(3)24-38-61)62-39-25-54(4)26-40-62/h7-50H,1-6H3. The fourth-order valence-electron chi connectivity index (χ4n) is 15.0. The normalized spacial score (nSPS) is 14.3. The Kier molecular flexibility index (Phi) is 11.0. The summed E-state index contributed by atoms with van der Waals surface area (Å²) in [4.78, 5) is 0. The van der Waals surface area contributed by atoms with Crippen LogP contribution in [-0.4, -0.2) is 0 Å². The molecule has 0 spiro atoms. The lowest BCUT2D eigenvalue weighted by Gasteiger charge is -2.37. The maximum absolute atomic E-state index is 2.61. The molecule has 0 saturated heterocycles. The van der Waals surface area contributed by atoms with Crippen LogP contribution in [-0.2, 0) is 16.2 Å². The van der Waals surface area contributed by atoms with Crippen molar-refractivity contribution in [1.29, 1.82) is 0 Å². The first-order valence-corrected chi connectivity index (χ1v) is 28.8. The molecule has 0 radical (unpaired) electrons. The molecule has 0 bridgehead atoms. The molecule has 3 aliphatic rings. The molecule has 0 amide bonds. The fraction of sp³-hybridized carbons (Fsp3) is 0.111. The van der Waals surface area contributed by atoms with Crippen molar-refractivity contribution in [3.8, 4) is 55.6 Å². The molecule has 0 aliphatic heterocycles. The first-order chi connectivity index (χ1) is 39.6. The number of benzene rings is 12. The Hall–Kier alpha value is -9.36. The Morgan fingerprint density at radius 1 is 0.198 bits per heavy atom. The molecule has 0 saturated carbocycles. The van der Waals surface area contributed by atoms with Crippen molar-refractivity contribution < 1.29 is 0 Å². The highest BCUT2D eigenvalue weighted by molar-refractivity contribution is 6.01. The number of hydrogen-bond donors (Lipinski definition) is 0. The molecule has 81 heavy (non-hydrogen) atoms. The quantitative estimate of drug-likeness (QED) is 0.142. The summed E-state index contributed by atoms with van der Waals surface area (Å²) in [6.45, 7) is 13.2. The molecular formula is C81H62. The molecule has 0 aromatic heterocycles. The zero-order valence-corrected chi connectivity index (χ0v) is 46.9. The molecule has 3 aliphatic carbocycles. The van der Waals surface area contributed by atoms with Crippen LogP contribution in [0.2, 0.25) is 0 Å². The Labute approximate surface area is 477 Å². The average molecular weight is 1040 g/mol. The fourth-order valence-corrected chi connectivity index (χ4v) is 15.0. The summed E-state index contributed by atoms with van der Waals surface area (Å²) in [5, 5.41) is 0. The minimum Gasteiger partial charge on any atom is -0.0619 e. The van der Waals surface area contributed by atoms with E-state index in [-0.39, 0.29) is 0 Å². The van der Waals surface area contributed by atoms with Crippen molar-refractivity contribution >= 4 is 0 Å². The summed E-state index contributed by atoms with van der Waals surface area (Å²) in [6, 6.07) is 104. The number of fused-ring (bicyclic) bond motifs is 9. The van der Waals surface area contributed by atoms with Crippen molar-refractivity contribution in [1.82, 2.24) is 0 Å². The van der Waals surface area contributed by atoms with Gasteiger partial charge in [-0.2, -0.15) is 0 Å². The first kappa shape index (κ1) is 48.7. The van der Waals surface area contributed by atoms with E-state index < -0.39 is 16.2 Å². The smallest absolute Gasteiger partial charge is 0.0619 e. The van der Waals surface area contributed by atoms with Crippen molar-refractivity contribution in [2.24, 2.45) is 0 Å². The van der Waals surface area contributed by atoms with Gasteiger partial charge >= 0.3 is 0 Å². The largest absolute Gasteiger partial charge is 0.0719 e. The van der Waals surface area contributed by atoms with E-state index in [1.165, 1.54) is 156 Å². The molecule has 386 valence electrons. The second-order valence-electron chi connectivity index (χ2n) is 23.5. The minimum atomic E-state index is -0.688. The van der Waals surface area contributed by atoms with E-state index in [4.69, 9.17) is 0 Å². The van der Waals surface area contributed by atoms with Crippen LogP contribution in [0.5, 0.6) is 0 Å². The average Bonchev–Trinajstić information content (AvgIpc) is 4.19. The van der Waals surface area contributed by atoms with E-state index >= 15 is 0 Å². The third-order valence-corrected chi connectivity index (χ3v) is 18.8. The first-order valence-electron chi connectivity index (χ1n) is 28.8. The van der Waals surface area contributed by atoms with Gasteiger partial charge in [0.1, 0.15) is 0 Å². The summed E-state index contributed by atoms with van der Waals surface area (Å²) in [5.74, 6) is 0. The van der Waals surface area contributed by atoms with E-state index in [0.29, 0.717) is 0 Å². The highest BCUT2D eigenvalue weighted by atomic mass is 14.5. The van der Waals surface area contributed by atoms with Crippen LogP contribution < -0.4 is 0 Å². The third kappa shape index (κ3) is 6.96. The summed E-state index contributed by atoms with van der Waals surface area (Å²) < 4.78 is 0. The van der Waals surface area contributed by atoms with Crippen molar-refractivity contribution in [3.63, 3.8) is 0 Å². The Morgan fingerprint density at radius 2 is 0.457 bits per heavy atom. The lowest BCUT2D eigenvalue weighted by Crippen LogP contribution is -2.30. The van der Waals surface area contributed by atoms with Gasteiger partial charge in [-0.3, -0.25) is 0 Å². The predicted molar refractivity (Wildman–Crippen MR) is 338 cm³/mol. The highest BCUT2D eigenvalue weighted by Gasteiger charge is 2.51. The van der Waals surface area contributed by atoms with Gasteiger partial charge in [0.15, 0.2) is 0 Å². The van der Waals surface area contributed by atoms with E-state index in [0.717, 1.165) is 0 Å². The lowest BCUT2D eigenvalue weighted by atomic mass is 9.64. The van der Waals surface area contributed by atoms with Crippen molar-refractivity contribution in [2.75, 3.05) is 0 Å². The molecule has 0 nitrogen and oxygen atoms in total. The monoisotopic (exact) mass is 1030 g/mol. The van der Waals surface area contributed by atoms with Crippen LogP contribution in [0.15, 0.2) is 267 Å². The highest BCUT2D eigenvalue weighted by Crippen LogP contribution is 2.63. The van der Waals surface area contributed by atoms with Gasteiger partial charge in [-0.25, -0.2) is 0 Å². The molecule has 0 heteroatoms. The van der Waals surface area contributed by atoms with E-state index in [1.54, 1.807) is 0 Å². The SMILES string of the molecule is Cc1ccc(C2(c3ccc(C)cc3)c3ccccc3-c3ccc(-c4ccc5c(c4-c4ccc6c(c4)C(c4ccc(C)cc4)(c4ccc(C)cc4)c4ccccc4-6)C(c4ccc(C)cc4)(c4ccc(C)cc4)c4ccccc4-5)cc32)cc1. The zero-order chi connectivity index (χ0) is 54.8. The second kappa shape index (κ2) is 18.3. The minimum absolute atomic E-state index is 0.578. The summed E-state index contributed by atoms with van der Waals surface area (Å²) in [6.07, 6.45) is 0. The number of rotatable bonds is 8. The number of aryl methyl sites for hydroxylation is 6. The topological polar surface area (TPSA) is 0 Å². The molecule has 0 unspecified atom stereocenters. The molecule has 12 aromatic carbocycles. The van der Waals surface area contributed by atoms with Gasteiger partial charge in [-0.15, -0.1) is 0 Å². The van der Waals surface area contributed by atoms with Gasteiger partial charge in [0.25, 0.3) is 0 Å². The number of hydrogen-bond acceptors (Lipinski definition) is 0. The second-order valence-corrected chi connectivity index (χ2v) is 23.5. The van der Waals surface area contributed by atoms with Gasteiger partial charge in [0.05, 0.1) is 16.2 Å². The molecule has 0 N–H and O–H groups in total. The van der Waals surface area contributed by atoms with Crippen LogP contribution in [0, 0.1) is 41.5 Å². The van der Waals surface area contributed by atoms with Gasteiger partial charge in [0.2, 0.25) is 0 Å². The molecule has 0 fully saturated rings. The molecule has 12 aromatic rings. The van der Waals surface area contributed by atoms with Gasteiger partial charge in [-0.05, 0) is 176 Å². The molecular weight excluding hydrogens is 973 g/mol. The van der Waals surface area contributed by atoms with Crippen LogP contribution in [0.4, 0.5) is 0 Å². The van der Waals surface area contributed by atoms with Crippen LogP contribution in [0.25, 0.3) is 55.6 Å². The predicted octanol–water partition coefficient (Wildman–Crippen LogP) is 20.0.